The van der Waals surface area contributed by atoms with Crippen LogP contribution in [0, 0.1) is 0 Å². The van der Waals surface area contributed by atoms with Gasteiger partial charge in [-0.25, -0.2) is 4.79 Å². The zero-order valence-corrected chi connectivity index (χ0v) is 14.1. The number of ether oxygens (including phenoxy) is 1. The first kappa shape index (κ1) is 16.8. The van der Waals surface area contributed by atoms with Crippen LogP contribution in [-0.2, 0) is 14.0 Å². The van der Waals surface area contributed by atoms with Gasteiger partial charge in [-0.2, -0.15) is 0 Å². The van der Waals surface area contributed by atoms with Gasteiger partial charge in [0.15, 0.2) is 0 Å². The monoisotopic (exact) mass is 302 g/mol. The first-order chi connectivity index (χ1) is 10.2. The minimum atomic E-state index is -0.370. The van der Waals surface area contributed by atoms with Crippen molar-refractivity contribution in [1.29, 1.82) is 0 Å². The minimum absolute atomic E-state index is 0.334. The molecule has 1 heterocycles. The van der Waals surface area contributed by atoms with Gasteiger partial charge in [0.2, 0.25) is 0 Å². The van der Waals surface area contributed by atoms with Crippen LogP contribution in [0.1, 0.15) is 50.5 Å². The molecule has 0 aromatic heterocycles. The predicted octanol–water partition coefficient (Wildman–Crippen LogP) is 3.51. The summed E-state index contributed by atoms with van der Waals surface area (Å²) in [6.45, 7) is 10.1. The Labute approximate surface area is 132 Å². The number of rotatable bonds is 3. The molecule has 1 aliphatic heterocycles. The first-order valence-corrected chi connectivity index (χ1v) is 7.39. The van der Waals surface area contributed by atoms with Gasteiger partial charge in [-0.3, -0.25) is 0 Å². The number of hydrogen-bond acceptors (Lipinski definition) is 4. The molecule has 0 amide bonds. The Morgan fingerprint density at radius 3 is 1.95 bits per heavy atom. The molecule has 5 heteroatoms. The molecule has 22 heavy (non-hydrogen) atoms. The lowest BCUT2D eigenvalue weighted by atomic mass is 9.85. The lowest BCUT2D eigenvalue weighted by molar-refractivity contribution is 0.00578. The number of hydrogen-bond donors (Lipinski definition) is 0. The van der Waals surface area contributed by atoms with Gasteiger partial charge in [-0.15, -0.1) is 0 Å². The van der Waals surface area contributed by atoms with Crippen LogP contribution >= 0.6 is 0 Å². The number of methoxy groups -OCH3 is 1. The fourth-order valence-electron chi connectivity index (χ4n) is 2.24. The van der Waals surface area contributed by atoms with Crippen molar-refractivity contribution in [1.82, 2.24) is 0 Å². The summed E-state index contributed by atoms with van der Waals surface area (Å²) >= 11 is 0. The summed E-state index contributed by atoms with van der Waals surface area (Å²) in [5, 5.41) is 0. The summed E-state index contributed by atoms with van der Waals surface area (Å²) in [6.07, 6.45) is 0. The van der Waals surface area contributed by atoms with Gasteiger partial charge in [0.1, 0.15) is 0 Å². The Bertz CT molecular complexity index is 571. The standard InChI is InChI=1S/C17H23BO4/c1-12(11-18-21-16(2,3)17(4,5)22-18)13-7-9-14(10-8-13)15(19)20-6/h7-11H,1-6H3/b12-11+. The van der Waals surface area contributed by atoms with Crippen LogP contribution < -0.4 is 0 Å². The van der Waals surface area contributed by atoms with Crippen molar-refractivity contribution in [2.75, 3.05) is 7.11 Å². The van der Waals surface area contributed by atoms with Crippen molar-refractivity contribution in [3.05, 3.63) is 41.4 Å². The molecule has 2 rings (SSSR count). The first-order valence-electron chi connectivity index (χ1n) is 7.39. The van der Waals surface area contributed by atoms with E-state index in [9.17, 15) is 4.79 Å². The highest BCUT2D eigenvalue weighted by atomic mass is 16.7. The third-order valence-corrected chi connectivity index (χ3v) is 4.42. The zero-order valence-electron chi connectivity index (χ0n) is 14.1. The third kappa shape index (κ3) is 3.26. The second-order valence-electron chi connectivity index (χ2n) is 6.54. The van der Waals surface area contributed by atoms with Gasteiger partial charge in [0.25, 0.3) is 0 Å². The van der Waals surface area contributed by atoms with Gasteiger partial charge in [-0.1, -0.05) is 23.7 Å². The van der Waals surface area contributed by atoms with E-state index >= 15 is 0 Å². The topological polar surface area (TPSA) is 44.8 Å². The van der Waals surface area contributed by atoms with Crippen LogP contribution in [0.4, 0.5) is 0 Å². The second kappa shape index (κ2) is 5.90. The molecule has 0 spiro atoms. The predicted molar refractivity (Wildman–Crippen MR) is 87.5 cm³/mol. The van der Waals surface area contributed by atoms with E-state index in [0.29, 0.717) is 5.56 Å². The van der Waals surface area contributed by atoms with Crippen LogP contribution in [-0.4, -0.2) is 31.4 Å². The molecule has 1 saturated heterocycles. The van der Waals surface area contributed by atoms with E-state index in [1.165, 1.54) is 7.11 Å². The van der Waals surface area contributed by atoms with Gasteiger partial charge < -0.3 is 14.0 Å². The van der Waals surface area contributed by atoms with Crippen LogP contribution in [0.15, 0.2) is 30.2 Å². The maximum Gasteiger partial charge on any atom is 0.487 e. The van der Waals surface area contributed by atoms with Crippen LogP contribution in [0.2, 0.25) is 0 Å². The largest absolute Gasteiger partial charge is 0.487 e. The summed E-state index contributed by atoms with van der Waals surface area (Å²) in [4.78, 5) is 11.4. The molecule has 0 unspecified atom stereocenters. The molecule has 0 atom stereocenters. The normalized spacial score (nSPS) is 20.1. The van der Waals surface area contributed by atoms with Crippen molar-refractivity contribution >= 4 is 18.7 Å². The molecular weight excluding hydrogens is 279 g/mol. The summed E-state index contributed by atoms with van der Waals surface area (Å²) < 4.78 is 16.6. The highest BCUT2D eigenvalue weighted by Crippen LogP contribution is 2.37. The maximum atomic E-state index is 11.4. The Kier molecular flexibility index (Phi) is 4.50. The molecule has 1 aromatic rings. The molecule has 0 radical (unpaired) electrons. The Balaban J connectivity index is 2.15. The molecule has 0 bridgehead atoms. The van der Waals surface area contributed by atoms with E-state index in [1.54, 1.807) is 12.1 Å². The molecule has 0 saturated carbocycles. The van der Waals surface area contributed by atoms with Crippen molar-refractivity contribution in [3.63, 3.8) is 0 Å². The number of benzene rings is 1. The lowest BCUT2D eigenvalue weighted by Gasteiger charge is -2.32. The summed E-state index contributed by atoms with van der Waals surface area (Å²) in [6, 6.07) is 7.29. The van der Waals surface area contributed by atoms with Crippen molar-refractivity contribution in [2.24, 2.45) is 0 Å². The smallest absolute Gasteiger partial charge is 0.465 e. The maximum absolute atomic E-state index is 11.4. The molecule has 118 valence electrons. The molecule has 1 aliphatic rings. The number of carbonyl (C=O) groups is 1. The van der Waals surface area contributed by atoms with Gasteiger partial charge >= 0.3 is 13.1 Å². The quantitative estimate of drug-likeness (QED) is 0.633. The second-order valence-corrected chi connectivity index (χ2v) is 6.54. The molecule has 0 N–H and O–H groups in total. The molecule has 1 fully saturated rings. The number of allylic oxidation sites excluding steroid dienone is 1. The Morgan fingerprint density at radius 2 is 1.50 bits per heavy atom. The van der Waals surface area contributed by atoms with Gasteiger partial charge in [0.05, 0.1) is 23.9 Å². The van der Waals surface area contributed by atoms with Crippen molar-refractivity contribution in [3.8, 4) is 0 Å². The van der Waals surface area contributed by atoms with Crippen LogP contribution in [0.5, 0.6) is 0 Å². The van der Waals surface area contributed by atoms with Crippen molar-refractivity contribution in [2.45, 2.75) is 45.8 Å². The average Bonchev–Trinajstić information content (AvgIpc) is 2.65. The van der Waals surface area contributed by atoms with Gasteiger partial charge in [0, 0.05) is 0 Å². The van der Waals surface area contributed by atoms with E-state index in [1.807, 2.05) is 52.7 Å². The van der Waals surface area contributed by atoms with Crippen LogP contribution in [0.25, 0.3) is 5.57 Å². The van der Waals surface area contributed by atoms with E-state index < -0.39 is 0 Å². The highest BCUT2D eigenvalue weighted by Gasteiger charge is 2.50. The fourth-order valence-corrected chi connectivity index (χ4v) is 2.24. The van der Waals surface area contributed by atoms with E-state index in [0.717, 1.165) is 11.1 Å². The van der Waals surface area contributed by atoms with Gasteiger partial charge in [-0.05, 0) is 52.3 Å². The molecular formula is C17H23BO4. The van der Waals surface area contributed by atoms with E-state index in [4.69, 9.17) is 14.0 Å². The number of carbonyl (C=O) groups excluding carboxylic acids is 1. The fraction of sp³-hybridized carbons (Fsp3) is 0.471. The Morgan fingerprint density at radius 1 is 1.05 bits per heavy atom. The Hall–Kier alpha value is -1.59. The third-order valence-electron chi connectivity index (χ3n) is 4.42. The average molecular weight is 302 g/mol. The lowest BCUT2D eigenvalue weighted by Crippen LogP contribution is -2.41. The van der Waals surface area contributed by atoms with E-state index in [-0.39, 0.29) is 24.3 Å². The summed E-state index contributed by atoms with van der Waals surface area (Å²) in [5.41, 5.74) is 1.90. The zero-order chi connectivity index (χ0) is 16.5. The molecule has 0 aliphatic carbocycles. The van der Waals surface area contributed by atoms with E-state index in [2.05, 4.69) is 0 Å². The highest BCUT2D eigenvalue weighted by molar-refractivity contribution is 6.53. The summed E-state index contributed by atoms with van der Waals surface area (Å²) in [5.74, 6) is 1.63. The molecule has 4 nitrogen and oxygen atoms in total. The summed E-state index contributed by atoms with van der Waals surface area (Å²) in [7, 11) is 1.00. The SMILES string of the molecule is COC(=O)c1ccc(/C(C)=C/B2OC(C)(C)C(C)(C)O2)cc1. The minimum Gasteiger partial charge on any atom is -0.465 e. The van der Waals surface area contributed by atoms with Crippen LogP contribution in [0.3, 0.4) is 0 Å². The molecule has 1 aromatic carbocycles. The number of esters is 1. The van der Waals surface area contributed by atoms with Crippen molar-refractivity contribution < 1.29 is 18.8 Å².